The summed E-state index contributed by atoms with van der Waals surface area (Å²) in [5.41, 5.74) is 0.972. The molecule has 3 rings (SSSR count). The van der Waals surface area contributed by atoms with E-state index in [-0.39, 0.29) is 12.0 Å². The molecule has 2 N–H and O–H groups in total. The summed E-state index contributed by atoms with van der Waals surface area (Å²) in [4.78, 5) is 4.54. The fraction of sp³-hybridized carbons (Fsp3) is 0.400. The summed E-state index contributed by atoms with van der Waals surface area (Å²) in [6.45, 7) is 1.08. The minimum absolute atomic E-state index is 0.244. The number of nitrogens with zero attached hydrogens (tertiary/aromatic N) is 1. The lowest BCUT2D eigenvalue weighted by atomic mass is 10.0. The van der Waals surface area contributed by atoms with Crippen molar-refractivity contribution in [3.63, 3.8) is 0 Å². The van der Waals surface area contributed by atoms with Crippen LogP contribution in [-0.4, -0.2) is 23.2 Å². The molecule has 20 heavy (non-hydrogen) atoms. The number of aliphatic hydroxyl groups is 1. The lowest BCUT2D eigenvalue weighted by Gasteiger charge is -2.15. The van der Waals surface area contributed by atoms with Gasteiger partial charge in [0.25, 0.3) is 0 Å². The second-order valence-corrected chi connectivity index (χ2v) is 6.24. The zero-order valence-electron chi connectivity index (χ0n) is 11.0. The van der Waals surface area contributed by atoms with Gasteiger partial charge >= 0.3 is 0 Å². The molecule has 0 aliphatic heterocycles. The van der Waals surface area contributed by atoms with Crippen molar-refractivity contribution in [2.45, 2.75) is 19.3 Å². The SMILES string of the molecule is OCCC1(CNc2ccc3ccc(Cl)c(Cl)c3n2)CC1. The first-order valence-electron chi connectivity index (χ1n) is 6.73. The van der Waals surface area contributed by atoms with Crippen LogP contribution in [0.5, 0.6) is 0 Å². The van der Waals surface area contributed by atoms with Crippen LogP contribution < -0.4 is 5.32 Å². The van der Waals surface area contributed by atoms with Crippen molar-refractivity contribution in [2.24, 2.45) is 5.41 Å². The summed E-state index contributed by atoms with van der Waals surface area (Å²) in [5.74, 6) is 0.797. The normalized spacial score (nSPS) is 16.4. The van der Waals surface area contributed by atoms with Crippen LogP contribution >= 0.6 is 23.2 Å². The molecule has 1 aliphatic rings. The molecular formula is C15H16Cl2N2O. The number of hydrogen-bond donors (Lipinski definition) is 2. The second-order valence-electron chi connectivity index (χ2n) is 5.46. The molecule has 0 spiro atoms. The molecule has 1 fully saturated rings. The molecule has 1 saturated carbocycles. The molecule has 1 aromatic heterocycles. The fourth-order valence-electron chi connectivity index (χ4n) is 2.44. The van der Waals surface area contributed by atoms with Crippen LogP contribution in [0.2, 0.25) is 10.0 Å². The maximum absolute atomic E-state index is 9.07. The van der Waals surface area contributed by atoms with Crippen molar-refractivity contribution >= 4 is 39.9 Å². The van der Waals surface area contributed by atoms with Crippen LogP contribution in [0.3, 0.4) is 0 Å². The van der Waals surface area contributed by atoms with Crippen LogP contribution in [0.15, 0.2) is 24.3 Å². The molecule has 1 aliphatic carbocycles. The second kappa shape index (κ2) is 5.40. The van der Waals surface area contributed by atoms with E-state index in [1.54, 1.807) is 6.07 Å². The largest absolute Gasteiger partial charge is 0.396 e. The number of aliphatic hydroxyl groups excluding tert-OH is 1. The van der Waals surface area contributed by atoms with E-state index in [0.717, 1.165) is 29.7 Å². The third kappa shape index (κ3) is 2.71. The van der Waals surface area contributed by atoms with E-state index in [9.17, 15) is 0 Å². The zero-order chi connectivity index (χ0) is 14.2. The van der Waals surface area contributed by atoms with Crippen molar-refractivity contribution < 1.29 is 5.11 Å². The van der Waals surface area contributed by atoms with Crippen LogP contribution in [0.4, 0.5) is 5.82 Å². The quantitative estimate of drug-likeness (QED) is 0.873. The van der Waals surface area contributed by atoms with Crippen molar-refractivity contribution in [3.05, 3.63) is 34.3 Å². The summed E-state index contributed by atoms with van der Waals surface area (Å²) in [6.07, 6.45) is 3.18. The Morgan fingerprint density at radius 3 is 2.65 bits per heavy atom. The highest BCUT2D eigenvalue weighted by Crippen LogP contribution is 2.48. The standard InChI is InChI=1S/C15H16Cl2N2O/c16-11-3-1-10-2-4-12(19-14(10)13(11)17)18-9-15(5-6-15)7-8-20/h1-4,20H,5-9H2,(H,18,19). The predicted molar refractivity (Wildman–Crippen MR) is 83.6 cm³/mol. The van der Waals surface area contributed by atoms with E-state index in [4.69, 9.17) is 28.3 Å². The molecule has 0 atom stereocenters. The van der Waals surface area contributed by atoms with E-state index in [2.05, 4.69) is 10.3 Å². The van der Waals surface area contributed by atoms with Crippen LogP contribution in [0, 0.1) is 5.41 Å². The Hall–Kier alpha value is -1.03. The first kappa shape index (κ1) is 13.9. The van der Waals surface area contributed by atoms with E-state index in [0.29, 0.717) is 10.0 Å². The number of hydrogen-bond acceptors (Lipinski definition) is 3. The number of halogens is 2. The lowest BCUT2D eigenvalue weighted by molar-refractivity contribution is 0.253. The molecule has 1 heterocycles. The van der Waals surface area contributed by atoms with Crippen LogP contribution in [0.25, 0.3) is 10.9 Å². The van der Waals surface area contributed by atoms with E-state index in [1.807, 2.05) is 18.2 Å². The highest BCUT2D eigenvalue weighted by atomic mass is 35.5. The molecule has 3 nitrogen and oxygen atoms in total. The molecule has 0 bridgehead atoms. The predicted octanol–water partition coefficient (Wildman–Crippen LogP) is 4.12. The molecule has 0 saturated heterocycles. The summed E-state index contributed by atoms with van der Waals surface area (Å²) < 4.78 is 0. The highest BCUT2D eigenvalue weighted by molar-refractivity contribution is 6.45. The number of anilines is 1. The summed E-state index contributed by atoms with van der Waals surface area (Å²) in [5, 5.41) is 14.4. The Kier molecular flexibility index (Phi) is 3.76. The summed E-state index contributed by atoms with van der Waals surface area (Å²) in [7, 11) is 0. The Morgan fingerprint density at radius 1 is 1.20 bits per heavy atom. The van der Waals surface area contributed by atoms with Crippen molar-refractivity contribution in [1.82, 2.24) is 4.98 Å². The molecule has 0 radical (unpaired) electrons. The first-order chi connectivity index (χ1) is 9.63. The number of rotatable bonds is 5. The molecule has 0 unspecified atom stereocenters. The van der Waals surface area contributed by atoms with Gasteiger partial charge in [-0.05, 0) is 42.9 Å². The Labute approximate surface area is 127 Å². The Bertz CT molecular complexity index is 641. The number of nitrogens with one attached hydrogen (secondary N) is 1. The smallest absolute Gasteiger partial charge is 0.126 e. The number of pyridine rings is 1. The van der Waals surface area contributed by atoms with Gasteiger partial charge in [-0.1, -0.05) is 29.3 Å². The van der Waals surface area contributed by atoms with Gasteiger partial charge in [0, 0.05) is 18.5 Å². The number of benzene rings is 1. The molecule has 5 heteroatoms. The third-order valence-electron chi connectivity index (χ3n) is 4.00. The molecule has 1 aromatic carbocycles. The molecule has 2 aromatic rings. The number of aromatic nitrogens is 1. The van der Waals surface area contributed by atoms with Gasteiger partial charge in [-0.2, -0.15) is 0 Å². The average Bonchev–Trinajstić information content (AvgIpc) is 3.22. The van der Waals surface area contributed by atoms with Crippen molar-refractivity contribution in [2.75, 3.05) is 18.5 Å². The van der Waals surface area contributed by atoms with Gasteiger partial charge in [0.2, 0.25) is 0 Å². The third-order valence-corrected chi connectivity index (χ3v) is 4.79. The highest BCUT2D eigenvalue weighted by Gasteiger charge is 2.41. The van der Waals surface area contributed by atoms with Gasteiger partial charge in [0.15, 0.2) is 0 Å². The molecule has 0 amide bonds. The summed E-state index contributed by atoms with van der Waals surface area (Å²) >= 11 is 12.2. The van der Waals surface area contributed by atoms with Crippen LogP contribution in [0.1, 0.15) is 19.3 Å². The number of fused-ring (bicyclic) bond motifs is 1. The minimum Gasteiger partial charge on any atom is -0.396 e. The minimum atomic E-state index is 0.244. The maximum Gasteiger partial charge on any atom is 0.126 e. The van der Waals surface area contributed by atoms with Gasteiger partial charge in [-0.25, -0.2) is 4.98 Å². The molecule has 106 valence electrons. The van der Waals surface area contributed by atoms with E-state index in [1.165, 1.54) is 12.8 Å². The van der Waals surface area contributed by atoms with Gasteiger partial charge in [-0.15, -0.1) is 0 Å². The van der Waals surface area contributed by atoms with Crippen LogP contribution in [-0.2, 0) is 0 Å². The Balaban J connectivity index is 1.80. The topological polar surface area (TPSA) is 45.1 Å². The van der Waals surface area contributed by atoms with Gasteiger partial charge in [0.05, 0.1) is 15.6 Å². The fourth-order valence-corrected chi connectivity index (χ4v) is 2.80. The van der Waals surface area contributed by atoms with Gasteiger partial charge in [-0.3, -0.25) is 0 Å². The van der Waals surface area contributed by atoms with E-state index >= 15 is 0 Å². The van der Waals surface area contributed by atoms with Crippen molar-refractivity contribution in [3.8, 4) is 0 Å². The maximum atomic E-state index is 9.07. The van der Waals surface area contributed by atoms with Gasteiger partial charge in [0.1, 0.15) is 5.82 Å². The average molecular weight is 311 g/mol. The zero-order valence-corrected chi connectivity index (χ0v) is 12.5. The summed E-state index contributed by atoms with van der Waals surface area (Å²) in [6, 6.07) is 7.62. The van der Waals surface area contributed by atoms with Crippen molar-refractivity contribution in [1.29, 1.82) is 0 Å². The first-order valence-corrected chi connectivity index (χ1v) is 7.49. The van der Waals surface area contributed by atoms with Gasteiger partial charge < -0.3 is 10.4 Å². The Morgan fingerprint density at radius 2 is 1.95 bits per heavy atom. The van der Waals surface area contributed by atoms with E-state index < -0.39 is 0 Å². The monoisotopic (exact) mass is 310 g/mol. The molecular weight excluding hydrogens is 295 g/mol. The lowest BCUT2D eigenvalue weighted by Crippen LogP contribution is -2.17.